The maximum absolute atomic E-state index is 12.6. The molecule has 34 heavy (non-hydrogen) atoms. The average molecular weight is 461 g/mol. The van der Waals surface area contributed by atoms with E-state index in [0.717, 1.165) is 37.2 Å². The first kappa shape index (κ1) is 22.1. The molecule has 0 radical (unpaired) electrons. The van der Waals surface area contributed by atoms with Crippen LogP contribution in [-0.4, -0.2) is 37.3 Å². The number of nitrogens with zero attached hydrogens (tertiary/aromatic N) is 1. The van der Waals surface area contributed by atoms with Crippen LogP contribution in [0.1, 0.15) is 31.2 Å². The van der Waals surface area contributed by atoms with Crippen molar-refractivity contribution in [1.29, 1.82) is 0 Å². The molecule has 2 aliphatic rings. The van der Waals surface area contributed by atoms with Crippen molar-refractivity contribution in [2.24, 2.45) is 0 Å². The minimum atomic E-state index is -0.141. The van der Waals surface area contributed by atoms with Gasteiger partial charge in [0.1, 0.15) is 24.7 Å². The third-order valence-corrected chi connectivity index (χ3v) is 6.39. The summed E-state index contributed by atoms with van der Waals surface area (Å²) in [5.74, 6) is 3.22. The second kappa shape index (κ2) is 10.0. The molecule has 0 saturated heterocycles. The van der Waals surface area contributed by atoms with Gasteiger partial charge in [0.05, 0.1) is 0 Å². The lowest BCUT2D eigenvalue weighted by Gasteiger charge is -2.31. The van der Waals surface area contributed by atoms with Gasteiger partial charge < -0.3 is 24.3 Å². The van der Waals surface area contributed by atoms with Gasteiger partial charge in [-0.05, 0) is 60.9 Å². The predicted molar refractivity (Wildman–Crippen MR) is 127 cm³/mol. The smallest absolute Gasteiger partial charge is 0.257 e. The number of aromatic nitrogens is 1. The van der Waals surface area contributed by atoms with Gasteiger partial charge in [0.25, 0.3) is 5.91 Å². The summed E-state index contributed by atoms with van der Waals surface area (Å²) in [5.41, 5.74) is 1.11. The quantitative estimate of drug-likeness (QED) is 0.527. The first-order valence-electron chi connectivity index (χ1n) is 11.7. The van der Waals surface area contributed by atoms with Crippen molar-refractivity contribution in [3.8, 4) is 28.9 Å². The fourth-order valence-corrected chi connectivity index (χ4v) is 4.59. The molecular formula is C27H28N2O5. The van der Waals surface area contributed by atoms with Crippen molar-refractivity contribution in [3.63, 3.8) is 0 Å². The number of carbonyl (C=O) groups excluding carboxylic acids is 1. The van der Waals surface area contributed by atoms with Gasteiger partial charge in [0, 0.05) is 24.2 Å². The molecule has 0 spiro atoms. The summed E-state index contributed by atoms with van der Waals surface area (Å²) in [5, 5.41) is 3.09. The molecule has 5 rings (SSSR count). The summed E-state index contributed by atoms with van der Waals surface area (Å²) in [6.07, 6.45) is 6.04. The van der Waals surface area contributed by atoms with Crippen molar-refractivity contribution in [3.05, 3.63) is 72.4 Å². The standard InChI is InChI=1S/C27H28N2O5/c30-25(18-33-21-7-9-22(10-8-21)34-26-5-1-4-14-28-26)29-19-27(12-2-3-13-27)20-6-11-23-24(17-20)32-16-15-31-23/h1,4-11,14,17H,2-3,12-13,15-16,18-19H2,(H,29,30). The molecule has 2 heterocycles. The fraction of sp³-hybridized carbons (Fsp3) is 0.333. The van der Waals surface area contributed by atoms with Crippen LogP contribution >= 0.6 is 0 Å². The Balaban J connectivity index is 1.15. The Labute approximate surface area is 199 Å². The van der Waals surface area contributed by atoms with Gasteiger partial charge in [-0.15, -0.1) is 0 Å². The molecular weight excluding hydrogens is 432 g/mol. The molecule has 3 aromatic rings. The third kappa shape index (κ3) is 5.09. The highest BCUT2D eigenvalue weighted by Gasteiger charge is 2.36. The van der Waals surface area contributed by atoms with E-state index in [2.05, 4.69) is 22.4 Å². The molecule has 1 saturated carbocycles. The number of hydrogen-bond acceptors (Lipinski definition) is 6. The van der Waals surface area contributed by atoms with Gasteiger partial charge in [-0.1, -0.05) is 25.0 Å². The van der Waals surface area contributed by atoms with Gasteiger partial charge in [0.15, 0.2) is 18.1 Å². The first-order valence-corrected chi connectivity index (χ1v) is 11.7. The molecule has 176 valence electrons. The highest BCUT2D eigenvalue weighted by atomic mass is 16.6. The van der Waals surface area contributed by atoms with Crippen molar-refractivity contribution < 1.29 is 23.7 Å². The summed E-state index contributed by atoms with van der Waals surface area (Å²) in [7, 11) is 0. The lowest BCUT2D eigenvalue weighted by atomic mass is 9.78. The van der Waals surface area contributed by atoms with E-state index in [0.29, 0.717) is 37.1 Å². The second-order valence-electron chi connectivity index (χ2n) is 8.65. The van der Waals surface area contributed by atoms with Crippen molar-refractivity contribution in [2.75, 3.05) is 26.4 Å². The van der Waals surface area contributed by atoms with E-state index < -0.39 is 0 Å². The zero-order valence-electron chi connectivity index (χ0n) is 19.0. The van der Waals surface area contributed by atoms with Crippen LogP contribution in [0, 0.1) is 0 Å². The molecule has 1 aliphatic heterocycles. The highest BCUT2D eigenvalue weighted by Crippen LogP contribution is 2.43. The zero-order valence-corrected chi connectivity index (χ0v) is 19.0. The molecule has 0 unspecified atom stereocenters. The van der Waals surface area contributed by atoms with Gasteiger partial charge in [-0.25, -0.2) is 4.98 Å². The Hall–Kier alpha value is -3.74. The maximum atomic E-state index is 12.6. The molecule has 1 aliphatic carbocycles. The average Bonchev–Trinajstić information content (AvgIpc) is 3.38. The fourth-order valence-electron chi connectivity index (χ4n) is 4.59. The zero-order chi connectivity index (χ0) is 23.2. The number of ether oxygens (including phenoxy) is 4. The van der Waals surface area contributed by atoms with E-state index in [9.17, 15) is 4.79 Å². The molecule has 7 nitrogen and oxygen atoms in total. The first-order chi connectivity index (χ1) is 16.7. The van der Waals surface area contributed by atoms with Crippen molar-refractivity contribution >= 4 is 5.91 Å². The number of hydrogen-bond donors (Lipinski definition) is 1. The Kier molecular flexibility index (Phi) is 6.51. The number of pyridine rings is 1. The Bertz CT molecular complexity index is 1110. The van der Waals surface area contributed by atoms with Crippen LogP contribution in [0.25, 0.3) is 0 Å². The van der Waals surface area contributed by atoms with Gasteiger partial charge in [-0.3, -0.25) is 4.79 Å². The summed E-state index contributed by atoms with van der Waals surface area (Å²) < 4.78 is 22.8. The van der Waals surface area contributed by atoms with Crippen molar-refractivity contribution in [1.82, 2.24) is 10.3 Å². The van der Waals surface area contributed by atoms with Gasteiger partial charge in [-0.2, -0.15) is 0 Å². The summed E-state index contributed by atoms with van der Waals surface area (Å²) in [6.45, 7) is 1.67. The molecule has 1 aromatic heterocycles. The van der Waals surface area contributed by atoms with Crippen LogP contribution in [0.15, 0.2) is 66.9 Å². The molecule has 1 fully saturated rings. The molecule has 0 atom stereocenters. The topological polar surface area (TPSA) is 78.9 Å². The Morgan fingerprint density at radius 3 is 2.47 bits per heavy atom. The van der Waals surface area contributed by atoms with Crippen LogP contribution in [0.3, 0.4) is 0 Å². The second-order valence-corrected chi connectivity index (χ2v) is 8.65. The van der Waals surface area contributed by atoms with Crippen LogP contribution < -0.4 is 24.3 Å². The summed E-state index contributed by atoms with van der Waals surface area (Å²) >= 11 is 0. The minimum absolute atomic E-state index is 0.0440. The highest BCUT2D eigenvalue weighted by molar-refractivity contribution is 5.77. The summed E-state index contributed by atoms with van der Waals surface area (Å²) in [6, 6.07) is 18.8. The SMILES string of the molecule is O=C(COc1ccc(Oc2ccccn2)cc1)NCC1(c2ccc3c(c2)OCCO3)CCCC1. The number of fused-ring (bicyclic) bond motifs is 1. The number of nitrogens with one attached hydrogen (secondary N) is 1. The van der Waals surface area contributed by atoms with Gasteiger partial charge in [0.2, 0.25) is 5.88 Å². The van der Waals surface area contributed by atoms with E-state index >= 15 is 0 Å². The van der Waals surface area contributed by atoms with Crippen LogP contribution in [0.4, 0.5) is 0 Å². The van der Waals surface area contributed by atoms with Crippen LogP contribution in [0.2, 0.25) is 0 Å². The van der Waals surface area contributed by atoms with E-state index in [4.69, 9.17) is 18.9 Å². The molecule has 1 N–H and O–H groups in total. The van der Waals surface area contributed by atoms with E-state index in [1.54, 1.807) is 36.5 Å². The van der Waals surface area contributed by atoms with Crippen LogP contribution in [-0.2, 0) is 10.2 Å². The Morgan fingerprint density at radius 1 is 0.941 bits per heavy atom. The summed E-state index contributed by atoms with van der Waals surface area (Å²) in [4.78, 5) is 16.7. The van der Waals surface area contributed by atoms with Gasteiger partial charge >= 0.3 is 0 Å². The lowest BCUT2D eigenvalue weighted by molar-refractivity contribution is -0.123. The van der Waals surface area contributed by atoms with E-state index in [1.807, 2.05) is 18.2 Å². The molecule has 0 bridgehead atoms. The maximum Gasteiger partial charge on any atom is 0.257 e. The molecule has 7 heteroatoms. The minimum Gasteiger partial charge on any atom is -0.486 e. The number of carbonyl (C=O) groups is 1. The number of rotatable bonds is 8. The normalized spacial score (nSPS) is 16.0. The number of benzene rings is 2. The molecule has 2 aromatic carbocycles. The lowest BCUT2D eigenvalue weighted by Crippen LogP contribution is -2.41. The predicted octanol–water partition coefficient (Wildman–Crippen LogP) is 4.65. The monoisotopic (exact) mass is 460 g/mol. The molecule has 1 amide bonds. The van der Waals surface area contributed by atoms with E-state index in [1.165, 1.54) is 5.56 Å². The largest absolute Gasteiger partial charge is 0.486 e. The Morgan fingerprint density at radius 2 is 1.71 bits per heavy atom. The van der Waals surface area contributed by atoms with Crippen LogP contribution in [0.5, 0.6) is 28.9 Å². The van der Waals surface area contributed by atoms with E-state index in [-0.39, 0.29) is 17.9 Å². The third-order valence-electron chi connectivity index (χ3n) is 6.39. The number of amides is 1. The van der Waals surface area contributed by atoms with Crippen molar-refractivity contribution in [2.45, 2.75) is 31.1 Å².